The molecule has 26 heavy (non-hydrogen) atoms. The summed E-state index contributed by atoms with van der Waals surface area (Å²) in [5.41, 5.74) is 2.82. The van der Waals surface area contributed by atoms with Gasteiger partial charge in [-0.25, -0.2) is 4.79 Å². The number of carbonyl (C=O) groups is 1. The fourth-order valence-electron chi connectivity index (χ4n) is 2.66. The summed E-state index contributed by atoms with van der Waals surface area (Å²) in [5.74, 6) is -0.182. The minimum absolute atomic E-state index is 0.0323. The molecule has 6 heteroatoms. The number of nitrogens with zero attached hydrogens (tertiary/aromatic N) is 1. The maximum absolute atomic E-state index is 11.9. The summed E-state index contributed by atoms with van der Waals surface area (Å²) in [6.45, 7) is 1.90. The molecule has 3 aromatic rings. The number of aliphatic hydroxyl groups is 1. The molecule has 2 aromatic carbocycles. The molecule has 0 aliphatic heterocycles. The van der Waals surface area contributed by atoms with Crippen LogP contribution in [0.15, 0.2) is 59.1 Å². The van der Waals surface area contributed by atoms with Gasteiger partial charge in [0.25, 0.3) is 0 Å². The molecule has 1 atom stereocenters. The van der Waals surface area contributed by atoms with Crippen molar-refractivity contribution in [3.05, 3.63) is 65.2 Å². The van der Waals surface area contributed by atoms with E-state index in [9.17, 15) is 9.90 Å². The van der Waals surface area contributed by atoms with E-state index in [4.69, 9.17) is 20.9 Å². The third-order valence-corrected chi connectivity index (χ3v) is 4.15. The van der Waals surface area contributed by atoms with Crippen LogP contribution in [0, 0.1) is 0 Å². The zero-order valence-corrected chi connectivity index (χ0v) is 14.9. The van der Waals surface area contributed by atoms with Crippen molar-refractivity contribution < 1.29 is 19.2 Å². The van der Waals surface area contributed by atoms with Gasteiger partial charge in [0.1, 0.15) is 5.69 Å². The number of carbonyl (C=O) groups excluding carboxylic acids is 1. The monoisotopic (exact) mass is 371 g/mol. The van der Waals surface area contributed by atoms with E-state index in [2.05, 4.69) is 5.16 Å². The fourth-order valence-corrected chi connectivity index (χ4v) is 2.79. The Bertz CT molecular complexity index is 875. The van der Waals surface area contributed by atoms with Crippen LogP contribution in [0.2, 0.25) is 5.02 Å². The Morgan fingerprint density at radius 1 is 1.15 bits per heavy atom. The topological polar surface area (TPSA) is 72.6 Å². The zero-order chi connectivity index (χ0) is 18.5. The average Bonchev–Trinajstić information content (AvgIpc) is 3.06. The third kappa shape index (κ3) is 3.95. The van der Waals surface area contributed by atoms with E-state index < -0.39 is 12.1 Å². The van der Waals surface area contributed by atoms with Crippen molar-refractivity contribution in [1.82, 2.24) is 5.16 Å². The van der Waals surface area contributed by atoms with Crippen molar-refractivity contribution in [3.8, 4) is 22.6 Å². The SMILES string of the molecule is CCOC(=O)[C@H](O)Cc1c(-c2ccccc2)noc1-c1ccc(Cl)cc1. The van der Waals surface area contributed by atoms with Gasteiger partial charge in [0, 0.05) is 28.1 Å². The van der Waals surface area contributed by atoms with Crippen LogP contribution >= 0.6 is 11.6 Å². The maximum atomic E-state index is 11.9. The van der Waals surface area contributed by atoms with E-state index in [0.29, 0.717) is 22.0 Å². The number of aromatic nitrogens is 1. The summed E-state index contributed by atoms with van der Waals surface area (Å²) >= 11 is 5.95. The standard InChI is InChI=1S/C20H18ClNO4/c1-2-25-20(24)17(23)12-16-18(13-6-4-3-5-7-13)22-26-19(16)14-8-10-15(21)11-9-14/h3-11,17,23H,2,12H2,1H3/t17-/m1/s1. The molecule has 0 amide bonds. The lowest BCUT2D eigenvalue weighted by atomic mass is 9.98. The van der Waals surface area contributed by atoms with Crippen LogP contribution in [0.4, 0.5) is 0 Å². The van der Waals surface area contributed by atoms with Gasteiger partial charge in [-0.1, -0.05) is 47.1 Å². The average molecular weight is 372 g/mol. The molecule has 0 unspecified atom stereocenters. The number of hydrogen-bond donors (Lipinski definition) is 1. The van der Waals surface area contributed by atoms with Crippen LogP contribution in [0.5, 0.6) is 0 Å². The highest BCUT2D eigenvalue weighted by Crippen LogP contribution is 2.33. The van der Waals surface area contributed by atoms with Gasteiger partial charge in [0.05, 0.1) is 6.61 Å². The number of esters is 1. The molecule has 134 valence electrons. The van der Waals surface area contributed by atoms with Crippen molar-refractivity contribution in [2.24, 2.45) is 0 Å². The molecule has 1 heterocycles. The molecule has 0 aliphatic rings. The van der Waals surface area contributed by atoms with Gasteiger partial charge in [-0.3, -0.25) is 0 Å². The minimum atomic E-state index is -1.30. The molecule has 0 fully saturated rings. The summed E-state index contributed by atoms with van der Waals surface area (Å²) in [7, 11) is 0. The summed E-state index contributed by atoms with van der Waals surface area (Å²) in [4.78, 5) is 11.9. The van der Waals surface area contributed by atoms with Gasteiger partial charge in [-0.2, -0.15) is 0 Å². The van der Waals surface area contributed by atoms with Crippen molar-refractivity contribution in [2.75, 3.05) is 6.61 Å². The number of rotatable bonds is 6. The molecule has 0 spiro atoms. The molecule has 1 aromatic heterocycles. The molecule has 3 rings (SSSR count). The zero-order valence-electron chi connectivity index (χ0n) is 14.2. The maximum Gasteiger partial charge on any atom is 0.335 e. The Morgan fingerprint density at radius 2 is 1.85 bits per heavy atom. The first kappa shape index (κ1) is 18.2. The molecule has 0 bridgehead atoms. The normalized spacial score (nSPS) is 12.0. The highest BCUT2D eigenvalue weighted by atomic mass is 35.5. The Hall–Kier alpha value is -2.63. The Morgan fingerprint density at radius 3 is 2.50 bits per heavy atom. The van der Waals surface area contributed by atoms with Crippen LogP contribution in [-0.2, 0) is 16.0 Å². The second-order valence-electron chi connectivity index (χ2n) is 5.68. The van der Waals surface area contributed by atoms with E-state index in [0.717, 1.165) is 11.1 Å². The van der Waals surface area contributed by atoms with Crippen LogP contribution in [-0.4, -0.2) is 28.9 Å². The number of ether oxygens (including phenoxy) is 1. The second-order valence-corrected chi connectivity index (χ2v) is 6.12. The van der Waals surface area contributed by atoms with Crippen molar-refractivity contribution in [2.45, 2.75) is 19.4 Å². The van der Waals surface area contributed by atoms with Gasteiger partial charge in [0.2, 0.25) is 0 Å². The first-order valence-corrected chi connectivity index (χ1v) is 8.62. The lowest BCUT2D eigenvalue weighted by Crippen LogP contribution is -2.25. The Kier molecular flexibility index (Phi) is 5.71. The number of halogens is 1. The smallest absolute Gasteiger partial charge is 0.335 e. The summed E-state index contributed by atoms with van der Waals surface area (Å²) in [5, 5.41) is 15.0. The van der Waals surface area contributed by atoms with Gasteiger partial charge in [-0.05, 0) is 31.2 Å². The molecule has 0 aliphatic carbocycles. The van der Waals surface area contributed by atoms with Crippen LogP contribution in [0.1, 0.15) is 12.5 Å². The fraction of sp³-hybridized carbons (Fsp3) is 0.200. The van der Waals surface area contributed by atoms with Crippen LogP contribution in [0.25, 0.3) is 22.6 Å². The number of hydrogen-bond acceptors (Lipinski definition) is 5. The summed E-state index contributed by atoms with van der Waals surface area (Å²) < 4.78 is 10.5. The molecule has 0 saturated heterocycles. The van der Waals surface area contributed by atoms with Crippen molar-refractivity contribution in [1.29, 1.82) is 0 Å². The lowest BCUT2D eigenvalue weighted by Gasteiger charge is -2.11. The van der Waals surface area contributed by atoms with Gasteiger partial charge < -0.3 is 14.4 Å². The molecule has 0 radical (unpaired) electrons. The molecular formula is C20H18ClNO4. The van der Waals surface area contributed by atoms with E-state index in [1.54, 1.807) is 31.2 Å². The predicted octanol–water partition coefficient (Wildman–Crippen LogP) is 4.13. The lowest BCUT2D eigenvalue weighted by molar-refractivity contribution is -0.152. The first-order valence-electron chi connectivity index (χ1n) is 8.24. The Labute approximate surface area is 156 Å². The van der Waals surface area contributed by atoms with Crippen LogP contribution in [0.3, 0.4) is 0 Å². The minimum Gasteiger partial charge on any atom is -0.464 e. The predicted molar refractivity (Wildman–Crippen MR) is 98.7 cm³/mol. The largest absolute Gasteiger partial charge is 0.464 e. The molecular weight excluding hydrogens is 354 g/mol. The van der Waals surface area contributed by atoms with Crippen molar-refractivity contribution >= 4 is 17.6 Å². The van der Waals surface area contributed by atoms with Crippen LogP contribution < -0.4 is 0 Å². The second kappa shape index (κ2) is 8.17. The van der Waals surface area contributed by atoms with E-state index in [-0.39, 0.29) is 13.0 Å². The van der Waals surface area contributed by atoms with Gasteiger partial charge in [0.15, 0.2) is 11.9 Å². The summed E-state index contributed by atoms with van der Waals surface area (Å²) in [6, 6.07) is 16.6. The molecule has 5 nitrogen and oxygen atoms in total. The van der Waals surface area contributed by atoms with E-state index in [1.165, 1.54) is 0 Å². The van der Waals surface area contributed by atoms with E-state index >= 15 is 0 Å². The Balaban J connectivity index is 2.03. The van der Waals surface area contributed by atoms with Gasteiger partial charge in [-0.15, -0.1) is 0 Å². The number of aliphatic hydroxyl groups excluding tert-OH is 1. The van der Waals surface area contributed by atoms with Crippen molar-refractivity contribution in [3.63, 3.8) is 0 Å². The first-order chi connectivity index (χ1) is 12.6. The third-order valence-electron chi connectivity index (χ3n) is 3.90. The van der Waals surface area contributed by atoms with E-state index in [1.807, 2.05) is 30.3 Å². The van der Waals surface area contributed by atoms with Gasteiger partial charge >= 0.3 is 5.97 Å². The molecule has 0 saturated carbocycles. The highest BCUT2D eigenvalue weighted by Gasteiger charge is 2.25. The number of benzene rings is 2. The quantitative estimate of drug-likeness (QED) is 0.659. The summed E-state index contributed by atoms with van der Waals surface area (Å²) in [6.07, 6.45) is -1.27. The highest BCUT2D eigenvalue weighted by molar-refractivity contribution is 6.30. The molecule has 1 N–H and O–H groups in total.